The van der Waals surface area contributed by atoms with E-state index in [1.54, 1.807) is 0 Å². The monoisotopic (exact) mass is 452 g/mol. The maximum atomic E-state index is 10.8. The van der Waals surface area contributed by atoms with Crippen LogP contribution in [0.15, 0.2) is 0 Å². The van der Waals surface area contributed by atoms with Crippen LogP contribution >= 0.6 is 11.8 Å². The normalized spacial score (nSPS) is 50.0. The summed E-state index contributed by atoms with van der Waals surface area (Å²) in [5.74, 6) is -1.54. The molecule has 0 aliphatic carbocycles. The Morgan fingerprint density at radius 2 is 1.67 bits per heavy atom. The zero-order valence-electron chi connectivity index (χ0n) is 17.8. The Hall–Kier alpha value is -0.0500. The SMILES string of the molecule is CO[C@H]1O[C@H](CO)[C@@H](O)[C@H](O)[C@@H]1S[C@@H]1[C@H]2OC(C)(C)O[C@H]2O[C@@H]1[C@H]1COC(C)(C)O1. The molecule has 3 N–H and O–H groups in total. The quantitative estimate of drug-likeness (QED) is 0.503. The molecule has 0 bridgehead atoms. The molecular formula is C19H32O10S. The summed E-state index contributed by atoms with van der Waals surface area (Å²) in [5.41, 5.74) is 0. The van der Waals surface area contributed by atoms with Crippen LogP contribution in [0, 0.1) is 0 Å². The van der Waals surface area contributed by atoms with E-state index < -0.39 is 66.5 Å². The lowest BCUT2D eigenvalue weighted by Gasteiger charge is -2.43. The molecule has 0 aromatic rings. The van der Waals surface area contributed by atoms with Crippen molar-refractivity contribution in [1.29, 1.82) is 0 Å². The summed E-state index contributed by atoms with van der Waals surface area (Å²) in [6.07, 6.45) is -5.99. The summed E-state index contributed by atoms with van der Waals surface area (Å²) in [6, 6.07) is 0. The van der Waals surface area contributed by atoms with Crippen LogP contribution in [0.5, 0.6) is 0 Å². The van der Waals surface area contributed by atoms with Gasteiger partial charge in [0.1, 0.15) is 30.5 Å². The molecule has 0 unspecified atom stereocenters. The molecule has 0 saturated carbocycles. The van der Waals surface area contributed by atoms with Gasteiger partial charge in [0.25, 0.3) is 0 Å². The number of hydrogen-bond acceptors (Lipinski definition) is 11. The first-order valence-electron chi connectivity index (χ1n) is 10.2. The molecule has 4 rings (SSSR count). The first-order chi connectivity index (χ1) is 14.0. The van der Waals surface area contributed by atoms with E-state index in [-0.39, 0.29) is 11.4 Å². The molecule has 11 heteroatoms. The molecule has 0 radical (unpaired) electrons. The molecule has 0 spiro atoms. The van der Waals surface area contributed by atoms with Crippen molar-refractivity contribution in [3.05, 3.63) is 0 Å². The van der Waals surface area contributed by atoms with Crippen molar-refractivity contribution >= 4 is 11.8 Å². The van der Waals surface area contributed by atoms with E-state index in [4.69, 9.17) is 33.2 Å². The van der Waals surface area contributed by atoms with E-state index in [1.807, 2.05) is 27.7 Å². The number of hydrogen-bond donors (Lipinski definition) is 3. The highest BCUT2D eigenvalue weighted by Gasteiger charge is 2.60. The van der Waals surface area contributed by atoms with E-state index in [9.17, 15) is 15.3 Å². The lowest BCUT2D eigenvalue weighted by atomic mass is 10.0. The predicted molar refractivity (Wildman–Crippen MR) is 104 cm³/mol. The number of rotatable bonds is 5. The zero-order chi connectivity index (χ0) is 21.8. The number of methoxy groups -OCH3 is 1. The molecular weight excluding hydrogens is 420 g/mol. The minimum atomic E-state index is -1.25. The maximum Gasteiger partial charge on any atom is 0.188 e. The van der Waals surface area contributed by atoms with Crippen LogP contribution in [0.4, 0.5) is 0 Å². The third-order valence-corrected chi connectivity index (χ3v) is 7.46. The molecule has 0 aromatic carbocycles. The van der Waals surface area contributed by atoms with E-state index >= 15 is 0 Å². The van der Waals surface area contributed by atoms with Gasteiger partial charge < -0.3 is 48.5 Å². The average Bonchev–Trinajstić information content (AvgIpc) is 3.28. The molecule has 10 nitrogen and oxygen atoms in total. The molecule has 10 atom stereocenters. The molecule has 0 aromatic heterocycles. The number of ether oxygens (including phenoxy) is 7. The maximum absolute atomic E-state index is 10.8. The standard InChI is InChI=1S/C19H32O10S/c1-18(2)24-7-9(27-18)12-15(13-16(26-12)29-19(3,4)28-13)30-14-11(22)10(21)8(6-20)25-17(14)23-5/h8-17,20-22H,6-7H2,1-5H3/t8-,9-,10-,11+,12-,13-,14+,15+,16-,17+/m1/s1. The molecule has 4 aliphatic heterocycles. The highest BCUT2D eigenvalue weighted by atomic mass is 32.2. The van der Waals surface area contributed by atoms with Gasteiger partial charge in [-0.15, -0.1) is 11.8 Å². The Balaban J connectivity index is 1.56. The minimum Gasteiger partial charge on any atom is -0.394 e. The number of thioether (sulfide) groups is 1. The summed E-state index contributed by atoms with van der Waals surface area (Å²) in [5, 5.41) is 29.6. The molecule has 0 amide bonds. The number of fused-ring (bicyclic) bond motifs is 1. The van der Waals surface area contributed by atoms with Crippen LogP contribution in [0.3, 0.4) is 0 Å². The van der Waals surface area contributed by atoms with Crippen LogP contribution in [-0.4, -0.2) is 107 Å². The Morgan fingerprint density at radius 1 is 0.933 bits per heavy atom. The molecule has 4 heterocycles. The molecule has 4 saturated heterocycles. The summed E-state index contributed by atoms with van der Waals surface area (Å²) < 4.78 is 41.0. The fourth-order valence-electron chi connectivity index (χ4n) is 4.41. The Bertz CT molecular complexity index is 616. The van der Waals surface area contributed by atoms with Crippen molar-refractivity contribution in [2.75, 3.05) is 20.3 Å². The summed E-state index contributed by atoms with van der Waals surface area (Å²) in [7, 11) is 1.46. The number of aliphatic hydroxyl groups is 3. The topological polar surface area (TPSA) is 125 Å². The average molecular weight is 453 g/mol. The van der Waals surface area contributed by atoms with E-state index in [2.05, 4.69) is 0 Å². The molecule has 4 fully saturated rings. The predicted octanol–water partition coefficient (Wildman–Crippen LogP) is -0.430. The van der Waals surface area contributed by atoms with Gasteiger partial charge in [0.05, 0.1) is 29.8 Å². The van der Waals surface area contributed by atoms with Gasteiger partial charge in [0.2, 0.25) is 0 Å². The van der Waals surface area contributed by atoms with Gasteiger partial charge in [0, 0.05) is 7.11 Å². The van der Waals surface area contributed by atoms with Crippen molar-refractivity contribution in [2.24, 2.45) is 0 Å². The highest BCUT2D eigenvalue weighted by Crippen LogP contribution is 2.47. The van der Waals surface area contributed by atoms with E-state index in [1.165, 1.54) is 18.9 Å². The van der Waals surface area contributed by atoms with Crippen LogP contribution < -0.4 is 0 Å². The molecule has 174 valence electrons. The second kappa shape index (κ2) is 8.38. The Labute approximate surface area is 180 Å². The van der Waals surface area contributed by atoms with E-state index in [0.29, 0.717) is 6.61 Å². The first kappa shape index (κ1) is 23.1. The summed E-state index contributed by atoms with van der Waals surface area (Å²) in [4.78, 5) is 0. The second-order valence-electron chi connectivity index (χ2n) is 8.94. The lowest BCUT2D eigenvalue weighted by molar-refractivity contribution is -0.244. The fourth-order valence-corrected chi connectivity index (χ4v) is 6.13. The van der Waals surface area contributed by atoms with Gasteiger partial charge in [-0.3, -0.25) is 0 Å². The smallest absolute Gasteiger partial charge is 0.188 e. The lowest BCUT2D eigenvalue weighted by Crippen LogP contribution is -2.59. The van der Waals surface area contributed by atoms with Gasteiger partial charge in [0.15, 0.2) is 24.2 Å². The van der Waals surface area contributed by atoms with Gasteiger partial charge in [-0.1, -0.05) is 0 Å². The number of aliphatic hydroxyl groups excluding tert-OH is 3. The molecule has 4 aliphatic rings. The third kappa shape index (κ3) is 4.27. The van der Waals surface area contributed by atoms with Crippen molar-refractivity contribution in [1.82, 2.24) is 0 Å². The molecule has 30 heavy (non-hydrogen) atoms. The van der Waals surface area contributed by atoms with Crippen molar-refractivity contribution in [3.63, 3.8) is 0 Å². The van der Waals surface area contributed by atoms with Gasteiger partial charge in [-0.2, -0.15) is 0 Å². The Kier molecular flexibility index (Phi) is 6.46. The van der Waals surface area contributed by atoms with Crippen molar-refractivity contribution < 1.29 is 48.5 Å². The van der Waals surface area contributed by atoms with Gasteiger partial charge in [-0.05, 0) is 27.7 Å². The summed E-state index contributed by atoms with van der Waals surface area (Å²) >= 11 is 1.35. The minimum absolute atomic E-state index is 0.307. The van der Waals surface area contributed by atoms with Crippen LogP contribution in [0.1, 0.15) is 27.7 Å². The first-order valence-corrected chi connectivity index (χ1v) is 11.1. The van der Waals surface area contributed by atoms with Crippen molar-refractivity contribution in [3.8, 4) is 0 Å². The van der Waals surface area contributed by atoms with Gasteiger partial charge >= 0.3 is 0 Å². The van der Waals surface area contributed by atoms with Crippen LogP contribution in [0.2, 0.25) is 0 Å². The second-order valence-corrected chi connectivity index (χ2v) is 10.3. The Morgan fingerprint density at radius 3 is 2.27 bits per heavy atom. The van der Waals surface area contributed by atoms with Gasteiger partial charge in [-0.25, -0.2) is 0 Å². The van der Waals surface area contributed by atoms with Crippen LogP contribution in [-0.2, 0) is 33.2 Å². The van der Waals surface area contributed by atoms with Crippen molar-refractivity contribution in [2.45, 2.75) is 99.0 Å². The van der Waals surface area contributed by atoms with E-state index in [0.717, 1.165) is 0 Å². The fraction of sp³-hybridized carbons (Fsp3) is 1.00. The largest absolute Gasteiger partial charge is 0.394 e. The van der Waals surface area contributed by atoms with Crippen LogP contribution in [0.25, 0.3) is 0 Å². The highest BCUT2D eigenvalue weighted by molar-refractivity contribution is 8.00. The third-order valence-electron chi connectivity index (χ3n) is 5.79. The summed E-state index contributed by atoms with van der Waals surface area (Å²) in [6.45, 7) is 7.23. The zero-order valence-corrected chi connectivity index (χ0v) is 18.6.